The van der Waals surface area contributed by atoms with Crippen molar-refractivity contribution in [3.63, 3.8) is 0 Å². The van der Waals surface area contributed by atoms with Gasteiger partial charge >= 0.3 is 0 Å². The predicted molar refractivity (Wildman–Crippen MR) is 67.8 cm³/mol. The lowest BCUT2D eigenvalue weighted by Crippen LogP contribution is -2.16. The summed E-state index contributed by atoms with van der Waals surface area (Å²) in [5.74, 6) is 1.81. The van der Waals surface area contributed by atoms with Gasteiger partial charge in [0.25, 0.3) is 0 Å². The zero-order valence-electron chi connectivity index (χ0n) is 9.90. The molecule has 0 amide bonds. The third kappa shape index (κ3) is 3.16. The highest BCUT2D eigenvalue weighted by molar-refractivity contribution is 7.84. The molecule has 1 aromatic rings. The van der Waals surface area contributed by atoms with Crippen molar-refractivity contribution in [3.8, 4) is 0 Å². The van der Waals surface area contributed by atoms with E-state index in [0.717, 1.165) is 29.8 Å². The van der Waals surface area contributed by atoms with Gasteiger partial charge in [0, 0.05) is 28.5 Å². The van der Waals surface area contributed by atoms with Crippen LogP contribution in [0.4, 0.5) is 0 Å². The summed E-state index contributed by atoms with van der Waals surface area (Å²) in [4.78, 5) is 0.902. The summed E-state index contributed by atoms with van der Waals surface area (Å²) in [5, 5.41) is 3.47. The minimum absolute atomic E-state index is 0.865. The largest absolute Gasteiger partial charge is 0.312 e. The fraction of sp³-hybridized carbons (Fsp3) is 0.538. The van der Waals surface area contributed by atoms with E-state index >= 15 is 0 Å². The lowest BCUT2D eigenvalue weighted by molar-refractivity contribution is 0.612. The zero-order chi connectivity index (χ0) is 11.5. The second-order valence-corrected chi connectivity index (χ2v) is 6.08. The molecule has 3 heteroatoms. The molecule has 1 fully saturated rings. The van der Waals surface area contributed by atoms with Crippen LogP contribution in [0.2, 0.25) is 0 Å². The van der Waals surface area contributed by atoms with Gasteiger partial charge in [-0.3, -0.25) is 4.21 Å². The lowest BCUT2D eigenvalue weighted by Gasteiger charge is -2.04. The van der Waals surface area contributed by atoms with Crippen LogP contribution in [0.5, 0.6) is 0 Å². The van der Waals surface area contributed by atoms with Crippen LogP contribution in [0.1, 0.15) is 18.9 Å². The molecule has 0 aromatic heterocycles. The third-order valence-corrected chi connectivity index (χ3v) is 4.20. The van der Waals surface area contributed by atoms with Gasteiger partial charge in [-0.25, -0.2) is 0 Å². The zero-order valence-corrected chi connectivity index (χ0v) is 10.7. The fourth-order valence-corrected chi connectivity index (χ4v) is 2.40. The second-order valence-electron chi connectivity index (χ2n) is 4.70. The van der Waals surface area contributed by atoms with E-state index in [9.17, 15) is 4.21 Å². The Labute approximate surface area is 99.9 Å². The van der Waals surface area contributed by atoms with E-state index in [1.54, 1.807) is 6.26 Å². The monoisotopic (exact) mass is 237 g/mol. The molecule has 2 nitrogen and oxygen atoms in total. The van der Waals surface area contributed by atoms with Crippen LogP contribution in [0.25, 0.3) is 0 Å². The molecule has 0 spiro atoms. The number of nitrogens with one attached hydrogen (secondary N) is 1. The number of hydrogen-bond acceptors (Lipinski definition) is 2. The van der Waals surface area contributed by atoms with Crippen LogP contribution in [0, 0.1) is 11.8 Å². The SMILES string of the molecule is CC1CC1CNCc1ccc(S(C)=O)cc1. The molecule has 1 N–H and O–H groups in total. The minimum atomic E-state index is -0.865. The van der Waals surface area contributed by atoms with E-state index < -0.39 is 10.8 Å². The first kappa shape index (κ1) is 11.8. The molecule has 3 unspecified atom stereocenters. The van der Waals surface area contributed by atoms with Gasteiger partial charge in [-0.05, 0) is 42.5 Å². The average Bonchev–Trinajstić information content (AvgIpc) is 2.95. The first-order valence-electron chi connectivity index (χ1n) is 5.80. The Morgan fingerprint density at radius 1 is 1.38 bits per heavy atom. The molecule has 0 saturated heterocycles. The van der Waals surface area contributed by atoms with E-state index in [2.05, 4.69) is 24.4 Å². The molecule has 0 bridgehead atoms. The van der Waals surface area contributed by atoms with Crippen LogP contribution >= 0.6 is 0 Å². The van der Waals surface area contributed by atoms with Crippen LogP contribution in [-0.2, 0) is 17.3 Å². The van der Waals surface area contributed by atoms with Crippen molar-refractivity contribution in [2.45, 2.75) is 24.8 Å². The molecular weight excluding hydrogens is 218 g/mol. The number of benzene rings is 1. The van der Waals surface area contributed by atoms with Crippen LogP contribution in [0.3, 0.4) is 0 Å². The van der Waals surface area contributed by atoms with Gasteiger partial charge in [-0.15, -0.1) is 0 Å². The molecule has 0 heterocycles. The summed E-state index contributed by atoms with van der Waals surface area (Å²) in [6.45, 7) is 4.35. The fourth-order valence-electron chi connectivity index (χ4n) is 1.88. The number of rotatable bonds is 5. The van der Waals surface area contributed by atoms with Gasteiger partial charge in [0.05, 0.1) is 0 Å². The van der Waals surface area contributed by atoms with Crippen LogP contribution in [0.15, 0.2) is 29.2 Å². The summed E-state index contributed by atoms with van der Waals surface area (Å²) in [6, 6.07) is 8.01. The van der Waals surface area contributed by atoms with Gasteiger partial charge in [0.1, 0.15) is 0 Å². The van der Waals surface area contributed by atoms with Gasteiger partial charge < -0.3 is 5.32 Å². The highest BCUT2D eigenvalue weighted by atomic mass is 32.2. The Bertz CT molecular complexity index is 374. The molecule has 1 aliphatic rings. The Kier molecular flexibility index (Phi) is 3.77. The van der Waals surface area contributed by atoms with Crippen molar-refractivity contribution in [2.75, 3.05) is 12.8 Å². The summed E-state index contributed by atoms with van der Waals surface area (Å²) in [5.41, 5.74) is 1.27. The van der Waals surface area contributed by atoms with Gasteiger partial charge in [-0.2, -0.15) is 0 Å². The van der Waals surface area contributed by atoms with Crippen molar-refractivity contribution in [2.24, 2.45) is 11.8 Å². The van der Waals surface area contributed by atoms with Crippen molar-refractivity contribution in [1.29, 1.82) is 0 Å². The average molecular weight is 237 g/mol. The van der Waals surface area contributed by atoms with Crippen molar-refractivity contribution in [3.05, 3.63) is 29.8 Å². The van der Waals surface area contributed by atoms with Crippen molar-refractivity contribution < 1.29 is 4.21 Å². The quantitative estimate of drug-likeness (QED) is 0.850. The molecule has 16 heavy (non-hydrogen) atoms. The molecule has 1 saturated carbocycles. The van der Waals surface area contributed by atoms with Gasteiger partial charge in [-0.1, -0.05) is 19.1 Å². The molecule has 0 radical (unpaired) electrons. The maximum Gasteiger partial charge on any atom is 0.0498 e. The van der Waals surface area contributed by atoms with Crippen LogP contribution < -0.4 is 5.32 Å². The van der Waals surface area contributed by atoms with Gasteiger partial charge in [0.15, 0.2) is 0 Å². The molecular formula is C13H19NOS. The van der Waals surface area contributed by atoms with E-state index in [4.69, 9.17) is 0 Å². The van der Waals surface area contributed by atoms with E-state index in [1.165, 1.54) is 12.0 Å². The Balaban J connectivity index is 1.78. The molecule has 0 aliphatic heterocycles. The predicted octanol–water partition coefficient (Wildman–Crippen LogP) is 2.17. The molecule has 1 aromatic carbocycles. The summed E-state index contributed by atoms with van der Waals surface area (Å²) in [6.07, 6.45) is 3.09. The summed E-state index contributed by atoms with van der Waals surface area (Å²) in [7, 11) is -0.865. The maximum absolute atomic E-state index is 11.2. The first-order chi connectivity index (χ1) is 7.66. The van der Waals surface area contributed by atoms with E-state index in [1.807, 2.05) is 12.1 Å². The Morgan fingerprint density at radius 3 is 2.50 bits per heavy atom. The van der Waals surface area contributed by atoms with Crippen molar-refractivity contribution in [1.82, 2.24) is 5.32 Å². The molecule has 3 atom stereocenters. The topological polar surface area (TPSA) is 29.1 Å². The minimum Gasteiger partial charge on any atom is -0.312 e. The smallest absolute Gasteiger partial charge is 0.0498 e. The first-order valence-corrected chi connectivity index (χ1v) is 7.35. The highest BCUT2D eigenvalue weighted by Gasteiger charge is 2.31. The Hall–Kier alpha value is -0.670. The van der Waals surface area contributed by atoms with Crippen LogP contribution in [-0.4, -0.2) is 17.0 Å². The Morgan fingerprint density at radius 2 is 2.00 bits per heavy atom. The van der Waals surface area contributed by atoms with E-state index in [-0.39, 0.29) is 0 Å². The second kappa shape index (κ2) is 5.11. The standard InChI is InChI=1S/C13H19NOS/c1-10-7-12(10)9-14-8-11-3-5-13(6-4-11)16(2)15/h3-6,10,12,14H,7-9H2,1-2H3. The van der Waals surface area contributed by atoms with E-state index in [0.29, 0.717) is 0 Å². The highest BCUT2D eigenvalue weighted by Crippen LogP contribution is 2.36. The third-order valence-electron chi connectivity index (χ3n) is 3.27. The normalized spacial score (nSPS) is 25.4. The summed E-state index contributed by atoms with van der Waals surface area (Å²) >= 11 is 0. The molecule has 88 valence electrons. The van der Waals surface area contributed by atoms with Gasteiger partial charge in [0.2, 0.25) is 0 Å². The number of hydrogen-bond donors (Lipinski definition) is 1. The molecule has 1 aliphatic carbocycles. The van der Waals surface area contributed by atoms with Crippen molar-refractivity contribution >= 4 is 10.8 Å². The summed E-state index contributed by atoms with van der Waals surface area (Å²) < 4.78 is 11.2. The molecule has 2 rings (SSSR count). The maximum atomic E-state index is 11.2. The lowest BCUT2D eigenvalue weighted by atomic mass is 10.2.